The zero-order valence-electron chi connectivity index (χ0n) is 11.3. The van der Waals surface area contributed by atoms with E-state index < -0.39 is 59.6 Å². The Morgan fingerprint density at radius 2 is 1.87 bits per heavy atom. The molecule has 0 aliphatic carbocycles. The van der Waals surface area contributed by atoms with Gasteiger partial charge in [0.2, 0.25) is 5.91 Å². The second kappa shape index (κ2) is 6.43. The lowest BCUT2D eigenvalue weighted by Gasteiger charge is -2.23. The molecule has 0 fully saturated rings. The van der Waals surface area contributed by atoms with Crippen LogP contribution in [0.2, 0.25) is 0 Å². The van der Waals surface area contributed by atoms with Gasteiger partial charge in [0, 0.05) is 18.9 Å². The molecule has 1 aliphatic heterocycles. The monoisotopic (exact) mass is 329 g/mol. The topological polar surface area (TPSA) is 82.8 Å². The molecule has 1 aromatic rings. The molecule has 0 unspecified atom stereocenters. The predicted molar refractivity (Wildman–Crippen MR) is 67.0 cm³/mol. The molecular weight excluding hydrogens is 322 g/mol. The molecule has 1 aliphatic rings. The summed E-state index contributed by atoms with van der Waals surface area (Å²) in [5.74, 6) is -9.14. The summed E-state index contributed by atoms with van der Waals surface area (Å²) in [5, 5.41) is 11.8. The fourth-order valence-corrected chi connectivity index (χ4v) is 1.80. The van der Waals surface area contributed by atoms with Crippen molar-refractivity contribution in [2.45, 2.75) is 12.8 Å². The molecule has 6 nitrogen and oxygen atoms in total. The van der Waals surface area contributed by atoms with Crippen LogP contribution in [0.1, 0.15) is 12.8 Å². The van der Waals surface area contributed by atoms with Gasteiger partial charge in [0.05, 0.1) is 0 Å². The number of anilines is 1. The normalized spacial score (nSPS) is 14.3. The second-order valence-electron chi connectivity index (χ2n) is 4.30. The Balaban J connectivity index is 2.48. The Hall–Kier alpha value is -2.96. The molecule has 10 heteroatoms. The van der Waals surface area contributed by atoms with Gasteiger partial charge in [-0.3, -0.25) is 4.79 Å². The standard InChI is InChI=1S/C13H7F4N3O3/c14-6-5-7(15)11(17)12(10(6)16)20-9(21)2-1-8(19-20)13(22)23-4-3-18/h5H,1-2,4H2. The number of rotatable bonds is 3. The van der Waals surface area contributed by atoms with Crippen molar-refractivity contribution in [1.82, 2.24) is 0 Å². The molecule has 0 atom stereocenters. The zero-order chi connectivity index (χ0) is 17.1. The maximum absolute atomic E-state index is 13.7. The van der Waals surface area contributed by atoms with Crippen LogP contribution in [0.15, 0.2) is 11.2 Å². The third kappa shape index (κ3) is 3.13. The molecule has 0 saturated carbocycles. The lowest BCUT2D eigenvalue weighted by molar-refractivity contribution is -0.134. The summed E-state index contributed by atoms with van der Waals surface area (Å²) in [4.78, 5) is 23.3. The minimum absolute atomic E-state index is 0.0194. The number of hydrogen-bond acceptors (Lipinski definition) is 5. The number of hydrogen-bond donors (Lipinski definition) is 0. The van der Waals surface area contributed by atoms with Crippen LogP contribution >= 0.6 is 0 Å². The van der Waals surface area contributed by atoms with Gasteiger partial charge in [-0.05, 0) is 0 Å². The second-order valence-corrected chi connectivity index (χ2v) is 4.30. The summed E-state index contributed by atoms with van der Waals surface area (Å²) in [6, 6.07) is 1.51. The lowest BCUT2D eigenvalue weighted by Crippen LogP contribution is -2.36. The minimum Gasteiger partial charge on any atom is -0.446 e. The number of carbonyl (C=O) groups is 2. The fraction of sp³-hybridized carbons (Fsp3) is 0.231. The van der Waals surface area contributed by atoms with Crippen LogP contribution in [0.4, 0.5) is 23.2 Å². The van der Waals surface area contributed by atoms with E-state index in [0.29, 0.717) is 0 Å². The van der Waals surface area contributed by atoms with Crippen LogP contribution < -0.4 is 5.01 Å². The van der Waals surface area contributed by atoms with Crippen molar-refractivity contribution in [3.05, 3.63) is 29.3 Å². The number of carbonyl (C=O) groups excluding carboxylic acids is 2. The number of hydrazone groups is 1. The highest BCUT2D eigenvalue weighted by Gasteiger charge is 2.32. The van der Waals surface area contributed by atoms with E-state index in [2.05, 4.69) is 9.84 Å². The Labute approximate surface area is 126 Å². The van der Waals surface area contributed by atoms with Crippen molar-refractivity contribution in [1.29, 1.82) is 5.26 Å². The molecule has 1 heterocycles. The molecule has 0 radical (unpaired) electrons. The van der Waals surface area contributed by atoms with E-state index >= 15 is 0 Å². The Bertz CT molecular complexity index is 732. The van der Waals surface area contributed by atoms with Gasteiger partial charge in [-0.15, -0.1) is 0 Å². The summed E-state index contributed by atoms with van der Waals surface area (Å²) in [7, 11) is 0. The zero-order valence-corrected chi connectivity index (χ0v) is 11.3. The fourth-order valence-electron chi connectivity index (χ4n) is 1.80. The number of amides is 1. The van der Waals surface area contributed by atoms with Crippen LogP contribution in [0.5, 0.6) is 0 Å². The summed E-state index contributed by atoms with van der Waals surface area (Å²) in [6.45, 7) is -0.594. The molecule has 0 saturated heterocycles. The van der Waals surface area contributed by atoms with Crippen molar-refractivity contribution in [3.63, 3.8) is 0 Å². The molecule has 120 valence electrons. The van der Waals surface area contributed by atoms with Gasteiger partial charge in [-0.2, -0.15) is 15.4 Å². The smallest absolute Gasteiger partial charge is 0.355 e. The molecule has 0 aromatic heterocycles. The molecule has 0 N–H and O–H groups in total. The van der Waals surface area contributed by atoms with Gasteiger partial charge in [-0.1, -0.05) is 0 Å². The van der Waals surface area contributed by atoms with E-state index in [9.17, 15) is 27.2 Å². The number of benzene rings is 1. The van der Waals surface area contributed by atoms with Crippen LogP contribution in [-0.4, -0.2) is 24.2 Å². The molecular formula is C13H7F4N3O3. The first-order chi connectivity index (χ1) is 10.9. The first-order valence-electron chi connectivity index (χ1n) is 6.14. The molecule has 2 rings (SSSR count). The van der Waals surface area contributed by atoms with Crippen molar-refractivity contribution < 1.29 is 31.9 Å². The maximum Gasteiger partial charge on any atom is 0.355 e. The van der Waals surface area contributed by atoms with Crippen LogP contribution in [0.25, 0.3) is 0 Å². The van der Waals surface area contributed by atoms with Crippen LogP contribution in [-0.2, 0) is 14.3 Å². The van der Waals surface area contributed by atoms with E-state index in [1.807, 2.05) is 0 Å². The SMILES string of the molecule is N#CCOC(=O)C1=NN(c2c(F)c(F)cc(F)c2F)C(=O)CC1. The molecule has 1 aromatic carbocycles. The third-order valence-electron chi connectivity index (χ3n) is 2.84. The van der Waals surface area contributed by atoms with E-state index in [0.717, 1.165) is 0 Å². The number of halogens is 4. The highest BCUT2D eigenvalue weighted by molar-refractivity contribution is 6.38. The van der Waals surface area contributed by atoms with Crippen molar-refractivity contribution in [2.75, 3.05) is 11.6 Å². The van der Waals surface area contributed by atoms with Crippen molar-refractivity contribution >= 4 is 23.3 Å². The maximum atomic E-state index is 13.7. The van der Waals surface area contributed by atoms with E-state index in [1.165, 1.54) is 6.07 Å². The lowest BCUT2D eigenvalue weighted by atomic mass is 10.1. The first-order valence-corrected chi connectivity index (χ1v) is 6.14. The van der Waals surface area contributed by atoms with Gasteiger partial charge in [0.1, 0.15) is 17.5 Å². The molecule has 1 amide bonds. The summed E-state index contributed by atoms with van der Waals surface area (Å²) in [6.07, 6.45) is -0.599. The minimum atomic E-state index is -1.83. The van der Waals surface area contributed by atoms with Gasteiger partial charge >= 0.3 is 5.97 Å². The number of nitrogens with zero attached hydrogens (tertiary/aromatic N) is 3. The average Bonchev–Trinajstić information content (AvgIpc) is 2.52. The molecule has 23 heavy (non-hydrogen) atoms. The van der Waals surface area contributed by atoms with Crippen molar-refractivity contribution in [3.8, 4) is 6.07 Å². The highest BCUT2D eigenvalue weighted by atomic mass is 19.2. The van der Waals surface area contributed by atoms with Crippen molar-refractivity contribution in [2.24, 2.45) is 5.10 Å². The van der Waals surface area contributed by atoms with Crippen LogP contribution in [0, 0.1) is 34.6 Å². The Morgan fingerprint density at radius 1 is 1.26 bits per heavy atom. The van der Waals surface area contributed by atoms with Gasteiger partial charge in [0.25, 0.3) is 0 Å². The van der Waals surface area contributed by atoms with Gasteiger partial charge in [0.15, 0.2) is 29.9 Å². The van der Waals surface area contributed by atoms with Gasteiger partial charge in [-0.25, -0.2) is 22.4 Å². The van der Waals surface area contributed by atoms with E-state index in [4.69, 9.17) is 5.26 Å². The quantitative estimate of drug-likeness (QED) is 0.481. The number of esters is 1. The number of nitriles is 1. The highest BCUT2D eigenvalue weighted by Crippen LogP contribution is 2.30. The summed E-state index contributed by atoms with van der Waals surface area (Å²) in [5.41, 5.74) is -1.78. The first kappa shape index (κ1) is 16.4. The Morgan fingerprint density at radius 3 is 2.43 bits per heavy atom. The predicted octanol–water partition coefficient (Wildman–Crippen LogP) is 1.79. The molecule has 0 spiro atoms. The van der Waals surface area contributed by atoms with Gasteiger partial charge < -0.3 is 4.74 Å². The van der Waals surface area contributed by atoms with E-state index in [-0.39, 0.29) is 17.5 Å². The largest absolute Gasteiger partial charge is 0.446 e. The third-order valence-corrected chi connectivity index (χ3v) is 2.84. The summed E-state index contributed by atoms with van der Waals surface area (Å²) >= 11 is 0. The summed E-state index contributed by atoms with van der Waals surface area (Å²) < 4.78 is 58.4. The Kier molecular flexibility index (Phi) is 4.59. The molecule has 0 bridgehead atoms. The average molecular weight is 329 g/mol. The number of ether oxygens (including phenoxy) is 1. The van der Waals surface area contributed by atoms with Crippen LogP contribution in [0.3, 0.4) is 0 Å². The van der Waals surface area contributed by atoms with E-state index in [1.54, 1.807) is 0 Å².